The van der Waals surface area contributed by atoms with Crippen molar-refractivity contribution in [2.45, 2.75) is 90.3 Å². The van der Waals surface area contributed by atoms with Crippen LogP contribution in [0, 0.1) is 5.92 Å². The van der Waals surface area contributed by atoms with E-state index in [0.717, 1.165) is 58.2 Å². The number of nitrogens with zero attached hydrogens (tertiary/aromatic N) is 5. The molecule has 68 heavy (non-hydrogen) atoms. The maximum Gasteiger partial charge on any atom is 0.411 e. The molecular formula is C51H56FN9O7. The molecule has 2 fully saturated rings. The molecule has 9 rings (SSSR count). The molecule has 3 aromatic heterocycles. The first-order valence-corrected chi connectivity index (χ1v) is 23.0. The second kappa shape index (κ2) is 19.1. The topological polar surface area (TPSA) is 189 Å². The van der Waals surface area contributed by atoms with Crippen molar-refractivity contribution in [3.8, 4) is 39.5 Å². The van der Waals surface area contributed by atoms with Gasteiger partial charge < -0.3 is 43.9 Å². The number of likely N-dealkylation sites (tertiary alicyclic amines) is 2. The number of ether oxygens (including phenoxy) is 3. The van der Waals surface area contributed by atoms with Crippen molar-refractivity contribution in [2.24, 2.45) is 5.92 Å². The SMILES string of the molecule is COC(=O)NC(C(=O)N1CCC[C@H]1c1ncc(-c2ccc3c(c2)cc2n3C(CCc3ccccc3)Oc3cc(-c4cnc([C@@H]5C[C@@H](F)CN5C(=O)[C@@H](NC(=O)OC)C(C)C)[nH]4)ccc3-2)[nH]1)=C(C)C. The number of halogens is 1. The van der Waals surface area contributed by atoms with Crippen LogP contribution in [0.4, 0.5) is 14.0 Å². The van der Waals surface area contributed by atoms with Gasteiger partial charge in [-0.25, -0.2) is 23.9 Å². The molecule has 1 unspecified atom stereocenters. The van der Waals surface area contributed by atoms with E-state index in [1.54, 1.807) is 31.1 Å². The first-order valence-electron chi connectivity index (χ1n) is 23.0. The number of amides is 4. The lowest BCUT2D eigenvalue weighted by Gasteiger charge is -2.30. The van der Waals surface area contributed by atoms with Crippen LogP contribution in [0.3, 0.4) is 0 Å². The second-order valence-electron chi connectivity index (χ2n) is 18.2. The van der Waals surface area contributed by atoms with Crippen LogP contribution in [0.5, 0.6) is 5.75 Å². The molecule has 6 aromatic rings. The van der Waals surface area contributed by atoms with Crippen LogP contribution in [-0.4, -0.2) is 97.8 Å². The van der Waals surface area contributed by atoms with Crippen molar-refractivity contribution in [3.63, 3.8) is 0 Å². The summed E-state index contributed by atoms with van der Waals surface area (Å²) in [4.78, 5) is 71.2. The van der Waals surface area contributed by atoms with Crippen LogP contribution < -0.4 is 15.4 Å². The van der Waals surface area contributed by atoms with Gasteiger partial charge in [0, 0.05) is 41.5 Å². The first-order chi connectivity index (χ1) is 32.8. The van der Waals surface area contributed by atoms with Gasteiger partial charge in [-0.05, 0) is 80.5 Å². The maximum atomic E-state index is 15.1. The Balaban J connectivity index is 1.01. The summed E-state index contributed by atoms with van der Waals surface area (Å²) in [7, 11) is 2.50. The highest BCUT2D eigenvalue weighted by atomic mass is 19.1. The minimum atomic E-state index is -1.26. The number of aromatic nitrogens is 5. The van der Waals surface area contributed by atoms with E-state index in [1.165, 1.54) is 24.7 Å². The number of aromatic amines is 2. The average Bonchev–Trinajstić information content (AvgIpc) is 4.21. The molecule has 3 aliphatic rings. The van der Waals surface area contributed by atoms with E-state index >= 15 is 4.39 Å². The number of H-pyrrole nitrogens is 2. The van der Waals surface area contributed by atoms with E-state index in [9.17, 15) is 19.2 Å². The molecule has 6 heterocycles. The zero-order valence-corrected chi connectivity index (χ0v) is 39.0. The molecule has 5 atom stereocenters. The van der Waals surface area contributed by atoms with E-state index < -0.39 is 36.3 Å². The van der Waals surface area contributed by atoms with Crippen LogP contribution in [0.25, 0.3) is 44.7 Å². The monoisotopic (exact) mass is 925 g/mol. The number of benzene rings is 3. The van der Waals surface area contributed by atoms with Gasteiger partial charge in [-0.15, -0.1) is 0 Å². The number of methoxy groups -OCH3 is 2. The van der Waals surface area contributed by atoms with Gasteiger partial charge in [-0.3, -0.25) is 14.9 Å². The van der Waals surface area contributed by atoms with Gasteiger partial charge in [0.25, 0.3) is 5.91 Å². The number of imidazole rings is 2. The molecule has 3 aliphatic heterocycles. The fourth-order valence-corrected chi connectivity index (χ4v) is 9.70. The smallest absolute Gasteiger partial charge is 0.411 e. The Bertz CT molecular complexity index is 2900. The molecule has 0 radical (unpaired) electrons. The third kappa shape index (κ3) is 8.91. The van der Waals surface area contributed by atoms with Crippen molar-refractivity contribution < 1.29 is 37.8 Å². The fourth-order valence-electron chi connectivity index (χ4n) is 9.70. The highest BCUT2D eigenvalue weighted by molar-refractivity contribution is 5.97. The summed E-state index contributed by atoms with van der Waals surface area (Å²) in [5, 5.41) is 6.22. The molecule has 0 aliphatic carbocycles. The summed E-state index contributed by atoms with van der Waals surface area (Å²) in [6, 6.07) is 23.0. The van der Waals surface area contributed by atoms with E-state index in [-0.39, 0.29) is 42.8 Å². The van der Waals surface area contributed by atoms with Crippen LogP contribution in [0.15, 0.2) is 96.5 Å². The number of alkyl carbamates (subject to hydrolysis) is 2. The summed E-state index contributed by atoms with van der Waals surface area (Å²) in [6.07, 6.45) is 3.53. The van der Waals surface area contributed by atoms with Crippen LogP contribution in [0.2, 0.25) is 0 Å². The normalized spacial score (nSPS) is 19.0. The van der Waals surface area contributed by atoms with Crippen molar-refractivity contribution in [3.05, 3.63) is 114 Å². The molecule has 16 nitrogen and oxygen atoms in total. The van der Waals surface area contributed by atoms with Gasteiger partial charge in [0.2, 0.25) is 5.91 Å². The molecule has 3 aromatic carbocycles. The van der Waals surface area contributed by atoms with Gasteiger partial charge in [-0.1, -0.05) is 56.3 Å². The Morgan fingerprint density at radius 1 is 0.868 bits per heavy atom. The number of hydrogen-bond acceptors (Lipinski definition) is 9. The summed E-state index contributed by atoms with van der Waals surface area (Å²) < 4.78 is 33.8. The number of allylic oxidation sites excluding steroid dienone is 1. The number of carbonyl (C=O) groups excluding carboxylic acids is 4. The predicted molar refractivity (Wildman–Crippen MR) is 253 cm³/mol. The van der Waals surface area contributed by atoms with Crippen LogP contribution in [0.1, 0.15) is 88.9 Å². The summed E-state index contributed by atoms with van der Waals surface area (Å²) in [5.74, 6) is 0.882. The summed E-state index contributed by atoms with van der Waals surface area (Å²) in [5.41, 5.74) is 8.24. The molecule has 4 N–H and O–H groups in total. The second-order valence-corrected chi connectivity index (χ2v) is 18.2. The Morgan fingerprint density at radius 3 is 2.25 bits per heavy atom. The van der Waals surface area contributed by atoms with Crippen molar-refractivity contribution in [1.29, 1.82) is 0 Å². The van der Waals surface area contributed by atoms with Crippen molar-refractivity contribution in [2.75, 3.05) is 27.3 Å². The van der Waals surface area contributed by atoms with Crippen molar-refractivity contribution in [1.82, 2.24) is 44.9 Å². The minimum Gasteiger partial charge on any atom is -0.469 e. The van der Waals surface area contributed by atoms with Crippen molar-refractivity contribution >= 4 is 34.9 Å². The minimum absolute atomic E-state index is 0.0705. The van der Waals surface area contributed by atoms with Crippen LogP contribution >= 0.6 is 0 Å². The van der Waals surface area contributed by atoms with Crippen LogP contribution in [-0.2, 0) is 25.5 Å². The quantitative estimate of drug-likeness (QED) is 0.0869. The number of fused-ring (bicyclic) bond motifs is 5. The number of nitrogens with one attached hydrogen (secondary N) is 4. The zero-order valence-electron chi connectivity index (χ0n) is 39.0. The standard InChI is InChI=1S/C51H56FN9O7/c1-28(2)44(57-50(64)66-5)48(62)59-20-10-13-39(59)46-53-25-36(55-46)31-16-18-38-33(21-31)22-40-35-17-15-32(23-42(35)68-43(61(38)40)19-14-30-11-8-7-9-12-30)37-26-54-47(56-37)41-24-34(52)27-60(41)49(63)45(29(3)4)58-51(65)67-6/h7-9,11-12,15-18,21-23,25-26,29,34,39,41,43,45H,10,13-14,19-20,24,27H2,1-6H3,(H,53,55)(H,54,56)(H,57,64)(H,58,65)/t34-,39+,41+,43?,45+/m1/s1. The lowest BCUT2D eigenvalue weighted by atomic mass is 10.0. The number of alkyl halides is 1. The molecule has 0 bridgehead atoms. The highest BCUT2D eigenvalue weighted by Crippen LogP contribution is 2.46. The van der Waals surface area contributed by atoms with Gasteiger partial charge in [-0.2, -0.15) is 0 Å². The van der Waals surface area contributed by atoms with Gasteiger partial charge >= 0.3 is 12.2 Å². The molecule has 0 saturated carbocycles. The third-order valence-electron chi connectivity index (χ3n) is 13.2. The fraction of sp³-hybridized carbons (Fsp3) is 0.373. The number of carbonyl (C=O) groups is 4. The first kappa shape index (κ1) is 45.7. The molecule has 17 heteroatoms. The molecule has 2 saturated heterocycles. The Morgan fingerprint density at radius 2 is 1.56 bits per heavy atom. The average molecular weight is 926 g/mol. The van der Waals surface area contributed by atoms with Gasteiger partial charge in [0.05, 0.1) is 67.8 Å². The third-order valence-corrected chi connectivity index (χ3v) is 13.2. The Labute approximate surface area is 393 Å². The lowest BCUT2D eigenvalue weighted by Crippen LogP contribution is -2.51. The summed E-state index contributed by atoms with van der Waals surface area (Å²) in [6.45, 7) is 7.60. The van der Waals surface area contributed by atoms with E-state index in [4.69, 9.17) is 19.2 Å². The van der Waals surface area contributed by atoms with E-state index in [1.807, 2.05) is 50.2 Å². The van der Waals surface area contributed by atoms with E-state index in [2.05, 4.69) is 66.6 Å². The zero-order chi connectivity index (χ0) is 47.8. The lowest BCUT2D eigenvalue weighted by molar-refractivity contribution is -0.135. The summed E-state index contributed by atoms with van der Waals surface area (Å²) >= 11 is 0. The largest absolute Gasteiger partial charge is 0.469 e. The molecule has 4 amide bonds. The Kier molecular flexibility index (Phi) is 12.8. The Hall–Kier alpha value is -7.43. The van der Waals surface area contributed by atoms with Gasteiger partial charge in [0.1, 0.15) is 35.3 Å². The molecule has 354 valence electrons. The van der Waals surface area contributed by atoms with Gasteiger partial charge in [0.15, 0.2) is 6.23 Å². The number of hydrogen-bond donors (Lipinski definition) is 4. The molecular weight excluding hydrogens is 870 g/mol. The predicted octanol–water partition coefficient (Wildman–Crippen LogP) is 8.92. The number of rotatable bonds is 12. The van der Waals surface area contributed by atoms with E-state index in [0.29, 0.717) is 41.6 Å². The number of aryl methyl sites for hydroxylation is 1. The maximum absolute atomic E-state index is 15.1. The molecule has 0 spiro atoms. The highest BCUT2D eigenvalue weighted by Gasteiger charge is 2.42.